The molecule has 0 amide bonds. The molecule has 0 radical (unpaired) electrons. The van der Waals surface area contributed by atoms with Gasteiger partial charge in [-0.15, -0.1) is 0 Å². The highest BCUT2D eigenvalue weighted by atomic mass is 16.3. The van der Waals surface area contributed by atoms with Crippen LogP contribution in [0, 0.1) is 11.3 Å². The Balaban J connectivity index is 2.01. The van der Waals surface area contributed by atoms with E-state index in [4.69, 9.17) is 0 Å². The van der Waals surface area contributed by atoms with Crippen LogP contribution in [-0.4, -0.2) is 19.9 Å². The number of aromatic hydroxyl groups is 1. The second-order valence-electron chi connectivity index (χ2n) is 4.67. The second kappa shape index (κ2) is 5.47. The lowest BCUT2D eigenvalue weighted by molar-refractivity contribution is 0.475. The first-order valence-electron chi connectivity index (χ1n) is 6.40. The van der Waals surface area contributed by atoms with Crippen LogP contribution >= 0.6 is 0 Å². The summed E-state index contributed by atoms with van der Waals surface area (Å²) in [4.78, 5) is 3.91. The van der Waals surface area contributed by atoms with Crippen LogP contribution in [0.15, 0.2) is 55.1 Å². The normalized spacial score (nSPS) is 10.2. The predicted molar refractivity (Wildman–Crippen MR) is 77.4 cm³/mol. The maximum Gasteiger partial charge on any atom is 0.137 e. The van der Waals surface area contributed by atoms with E-state index in [1.165, 1.54) is 6.33 Å². The topological polar surface area (TPSA) is 74.7 Å². The van der Waals surface area contributed by atoms with Crippen LogP contribution in [0.25, 0.3) is 11.1 Å². The van der Waals surface area contributed by atoms with Crippen molar-refractivity contribution in [3.63, 3.8) is 0 Å². The molecule has 0 aliphatic carbocycles. The Kier molecular flexibility index (Phi) is 3.36. The molecule has 0 unspecified atom stereocenters. The molecule has 0 saturated heterocycles. The van der Waals surface area contributed by atoms with Gasteiger partial charge in [-0.25, -0.2) is 9.67 Å². The largest absolute Gasteiger partial charge is 0.508 e. The molecule has 0 bridgehead atoms. The summed E-state index contributed by atoms with van der Waals surface area (Å²) in [5, 5.41) is 22.6. The number of benzene rings is 2. The van der Waals surface area contributed by atoms with Crippen molar-refractivity contribution in [3.05, 3.63) is 66.2 Å². The van der Waals surface area contributed by atoms with Gasteiger partial charge in [0.15, 0.2) is 0 Å². The first kappa shape index (κ1) is 12.9. The molecule has 102 valence electrons. The summed E-state index contributed by atoms with van der Waals surface area (Å²) in [7, 11) is 0. The molecule has 1 aromatic heterocycles. The van der Waals surface area contributed by atoms with E-state index in [0.29, 0.717) is 12.1 Å². The molecule has 3 aromatic rings. The van der Waals surface area contributed by atoms with Crippen molar-refractivity contribution in [3.8, 4) is 22.9 Å². The van der Waals surface area contributed by atoms with Gasteiger partial charge in [-0.2, -0.15) is 10.4 Å². The third kappa shape index (κ3) is 2.90. The Morgan fingerprint density at radius 1 is 1.10 bits per heavy atom. The number of nitrogens with zero attached hydrogens (tertiary/aromatic N) is 4. The summed E-state index contributed by atoms with van der Waals surface area (Å²) in [6.07, 6.45) is 3.12. The maximum absolute atomic E-state index is 9.36. The molecular weight excluding hydrogens is 264 g/mol. The van der Waals surface area contributed by atoms with Crippen molar-refractivity contribution in [1.82, 2.24) is 14.8 Å². The first-order chi connectivity index (χ1) is 10.2. The van der Waals surface area contributed by atoms with Gasteiger partial charge in [0.25, 0.3) is 0 Å². The summed E-state index contributed by atoms with van der Waals surface area (Å²) in [5.74, 6) is 0.220. The van der Waals surface area contributed by atoms with E-state index in [0.717, 1.165) is 16.7 Å². The molecule has 0 aliphatic heterocycles. The van der Waals surface area contributed by atoms with Crippen LogP contribution in [0.3, 0.4) is 0 Å². The van der Waals surface area contributed by atoms with Gasteiger partial charge < -0.3 is 5.11 Å². The maximum atomic E-state index is 9.36. The van der Waals surface area contributed by atoms with Gasteiger partial charge in [0.05, 0.1) is 18.2 Å². The minimum atomic E-state index is 0.220. The van der Waals surface area contributed by atoms with E-state index in [2.05, 4.69) is 16.2 Å². The molecule has 0 atom stereocenters. The fraction of sp³-hybridized carbons (Fsp3) is 0.0625. The lowest BCUT2D eigenvalue weighted by atomic mass is 10.00. The molecule has 0 aliphatic rings. The van der Waals surface area contributed by atoms with Crippen molar-refractivity contribution in [2.45, 2.75) is 6.54 Å². The Morgan fingerprint density at radius 2 is 1.90 bits per heavy atom. The highest BCUT2D eigenvalue weighted by molar-refractivity contribution is 5.67. The standard InChI is InChI=1S/C16H12N4O/c17-8-12-5-13(9-20-11-18-10-19-20)7-15(6-12)14-1-3-16(21)4-2-14/h1-7,10-11,21H,9H2. The predicted octanol–water partition coefficient (Wildman–Crippen LogP) is 2.57. The summed E-state index contributed by atoms with van der Waals surface area (Å²) in [6.45, 7) is 0.556. The van der Waals surface area contributed by atoms with Crippen LogP contribution in [0.2, 0.25) is 0 Å². The molecule has 0 spiro atoms. The van der Waals surface area contributed by atoms with Gasteiger partial charge in [0.1, 0.15) is 18.4 Å². The SMILES string of the molecule is N#Cc1cc(Cn2cncn2)cc(-c2ccc(O)cc2)c1. The lowest BCUT2D eigenvalue weighted by Gasteiger charge is -2.07. The molecule has 1 N–H and O–H groups in total. The summed E-state index contributed by atoms with van der Waals surface area (Å²) < 4.78 is 1.71. The monoisotopic (exact) mass is 276 g/mol. The zero-order chi connectivity index (χ0) is 14.7. The lowest BCUT2D eigenvalue weighted by Crippen LogP contribution is -2.00. The van der Waals surface area contributed by atoms with Crippen molar-refractivity contribution in [2.75, 3.05) is 0 Å². The number of hydrogen-bond acceptors (Lipinski definition) is 4. The van der Waals surface area contributed by atoms with Gasteiger partial charge in [-0.05, 0) is 47.0 Å². The average Bonchev–Trinajstić information content (AvgIpc) is 3.00. The Morgan fingerprint density at radius 3 is 2.57 bits per heavy atom. The highest BCUT2D eigenvalue weighted by Crippen LogP contribution is 2.24. The van der Waals surface area contributed by atoms with E-state index in [9.17, 15) is 10.4 Å². The molecule has 2 aromatic carbocycles. The molecule has 21 heavy (non-hydrogen) atoms. The minimum absolute atomic E-state index is 0.220. The van der Waals surface area contributed by atoms with Crippen LogP contribution < -0.4 is 0 Å². The minimum Gasteiger partial charge on any atom is -0.508 e. The van der Waals surface area contributed by atoms with E-state index in [1.807, 2.05) is 30.3 Å². The van der Waals surface area contributed by atoms with Crippen molar-refractivity contribution < 1.29 is 5.11 Å². The van der Waals surface area contributed by atoms with Crippen molar-refractivity contribution >= 4 is 0 Å². The molecular formula is C16H12N4O. The molecule has 5 nitrogen and oxygen atoms in total. The van der Waals surface area contributed by atoms with E-state index < -0.39 is 0 Å². The number of hydrogen-bond donors (Lipinski definition) is 1. The Labute approximate surface area is 121 Å². The van der Waals surface area contributed by atoms with Gasteiger partial charge >= 0.3 is 0 Å². The van der Waals surface area contributed by atoms with Crippen molar-refractivity contribution in [2.24, 2.45) is 0 Å². The molecule has 0 fully saturated rings. The van der Waals surface area contributed by atoms with Gasteiger partial charge in [-0.1, -0.05) is 12.1 Å². The molecule has 0 saturated carbocycles. The van der Waals surface area contributed by atoms with Gasteiger partial charge in [0.2, 0.25) is 0 Å². The number of rotatable bonds is 3. The number of nitriles is 1. The van der Waals surface area contributed by atoms with E-state index in [-0.39, 0.29) is 5.75 Å². The van der Waals surface area contributed by atoms with Crippen LogP contribution in [0.5, 0.6) is 5.75 Å². The van der Waals surface area contributed by atoms with Crippen molar-refractivity contribution in [1.29, 1.82) is 5.26 Å². The fourth-order valence-corrected chi connectivity index (χ4v) is 2.17. The quantitative estimate of drug-likeness (QED) is 0.797. The Hall–Kier alpha value is -3.13. The van der Waals surface area contributed by atoms with Crippen LogP contribution in [0.4, 0.5) is 0 Å². The zero-order valence-electron chi connectivity index (χ0n) is 11.1. The highest BCUT2D eigenvalue weighted by Gasteiger charge is 2.05. The molecule has 1 heterocycles. The van der Waals surface area contributed by atoms with Crippen LogP contribution in [0.1, 0.15) is 11.1 Å². The summed E-state index contributed by atoms with van der Waals surface area (Å²) in [6, 6.07) is 14.8. The fourth-order valence-electron chi connectivity index (χ4n) is 2.17. The van der Waals surface area contributed by atoms with Crippen LogP contribution in [-0.2, 0) is 6.54 Å². The van der Waals surface area contributed by atoms with Gasteiger partial charge in [-0.3, -0.25) is 0 Å². The van der Waals surface area contributed by atoms with E-state index >= 15 is 0 Å². The van der Waals surface area contributed by atoms with E-state index in [1.54, 1.807) is 23.1 Å². The average molecular weight is 276 g/mol. The number of phenolic OH excluding ortho intramolecular Hbond substituents is 1. The molecule has 5 heteroatoms. The second-order valence-corrected chi connectivity index (χ2v) is 4.67. The Bertz CT molecular complexity index is 786. The third-order valence-electron chi connectivity index (χ3n) is 3.13. The zero-order valence-corrected chi connectivity index (χ0v) is 11.1. The smallest absolute Gasteiger partial charge is 0.137 e. The number of phenols is 1. The van der Waals surface area contributed by atoms with Gasteiger partial charge in [0, 0.05) is 0 Å². The molecule has 3 rings (SSSR count). The third-order valence-corrected chi connectivity index (χ3v) is 3.13. The summed E-state index contributed by atoms with van der Waals surface area (Å²) >= 11 is 0. The number of aromatic nitrogens is 3. The first-order valence-corrected chi connectivity index (χ1v) is 6.40. The summed E-state index contributed by atoms with van der Waals surface area (Å²) in [5.41, 5.74) is 3.45.